The van der Waals surface area contributed by atoms with Crippen molar-refractivity contribution in [1.82, 2.24) is 15.6 Å². The van der Waals surface area contributed by atoms with E-state index >= 15 is 0 Å². The summed E-state index contributed by atoms with van der Waals surface area (Å²) in [6.45, 7) is 2.28. The lowest BCUT2D eigenvalue weighted by molar-refractivity contribution is 0.237. The number of methoxy groups -OCH3 is 2. The molecule has 26 heavy (non-hydrogen) atoms. The SMILES string of the molecule is COc1ccc(OC)c(C(C)NC(=O)NCc2nc3ccccc3s2)c1. The number of urea groups is 1. The van der Waals surface area contributed by atoms with Crippen LogP contribution in [0.2, 0.25) is 0 Å². The van der Waals surface area contributed by atoms with E-state index in [9.17, 15) is 4.79 Å². The van der Waals surface area contributed by atoms with E-state index in [1.165, 1.54) is 0 Å². The van der Waals surface area contributed by atoms with Crippen LogP contribution in [0.4, 0.5) is 4.79 Å². The molecule has 0 aliphatic rings. The number of fused-ring (bicyclic) bond motifs is 1. The number of ether oxygens (including phenoxy) is 2. The number of carbonyl (C=O) groups excluding carboxylic acids is 1. The number of benzene rings is 2. The largest absolute Gasteiger partial charge is 0.497 e. The number of amides is 2. The number of rotatable bonds is 6. The van der Waals surface area contributed by atoms with Crippen LogP contribution in [0.1, 0.15) is 23.5 Å². The molecule has 0 aliphatic carbocycles. The second-order valence-corrected chi connectivity index (χ2v) is 6.85. The molecule has 0 fully saturated rings. The maximum absolute atomic E-state index is 12.3. The molecule has 0 saturated heterocycles. The fourth-order valence-corrected chi connectivity index (χ4v) is 3.56. The number of hydrogen-bond acceptors (Lipinski definition) is 5. The van der Waals surface area contributed by atoms with Gasteiger partial charge in [-0.25, -0.2) is 9.78 Å². The minimum absolute atomic E-state index is 0.240. The third kappa shape index (κ3) is 4.05. The minimum atomic E-state index is -0.262. The van der Waals surface area contributed by atoms with E-state index in [-0.39, 0.29) is 12.1 Å². The molecule has 2 amide bonds. The molecule has 0 spiro atoms. The summed E-state index contributed by atoms with van der Waals surface area (Å²) in [6, 6.07) is 12.9. The smallest absolute Gasteiger partial charge is 0.315 e. The van der Waals surface area contributed by atoms with Crippen LogP contribution in [0, 0.1) is 0 Å². The lowest BCUT2D eigenvalue weighted by Crippen LogP contribution is -2.36. The molecule has 1 atom stereocenters. The van der Waals surface area contributed by atoms with Crippen molar-refractivity contribution in [1.29, 1.82) is 0 Å². The van der Waals surface area contributed by atoms with Crippen molar-refractivity contribution in [2.45, 2.75) is 19.5 Å². The first-order valence-electron chi connectivity index (χ1n) is 8.21. The highest BCUT2D eigenvalue weighted by Crippen LogP contribution is 2.29. The zero-order valence-electron chi connectivity index (χ0n) is 14.9. The van der Waals surface area contributed by atoms with E-state index in [2.05, 4.69) is 15.6 Å². The molecule has 6 nitrogen and oxygen atoms in total. The normalized spacial score (nSPS) is 11.8. The molecule has 136 valence electrons. The van der Waals surface area contributed by atoms with E-state index in [0.717, 1.165) is 20.8 Å². The van der Waals surface area contributed by atoms with Gasteiger partial charge in [-0.15, -0.1) is 11.3 Å². The van der Waals surface area contributed by atoms with E-state index in [1.54, 1.807) is 25.6 Å². The number of thiazole rings is 1. The molecule has 0 bridgehead atoms. The van der Waals surface area contributed by atoms with Crippen LogP contribution < -0.4 is 20.1 Å². The number of para-hydroxylation sites is 1. The quantitative estimate of drug-likeness (QED) is 0.690. The lowest BCUT2D eigenvalue weighted by atomic mass is 10.1. The number of nitrogens with one attached hydrogen (secondary N) is 2. The van der Waals surface area contributed by atoms with Crippen molar-refractivity contribution < 1.29 is 14.3 Å². The Morgan fingerprint density at radius 2 is 2.00 bits per heavy atom. The van der Waals surface area contributed by atoms with Crippen molar-refractivity contribution in [2.24, 2.45) is 0 Å². The Hall–Kier alpha value is -2.80. The van der Waals surface area contributed by atoms with Gasteiger partial charge in [0.2, 0.25) is 0 Å². The van der Waals surface area contributed by atoms with Crippen LogP contribution in [0.15, 0.2) is 42.5 Å². The minimum Gasteiger partial charge on any atom is -0.497 e. The van der Waals surface area contributed by atoms with Gasteiger partial charge in [-0.3, -0.25) is 0 Å². The van der Waals surface area contributed by atoms with Gasteiger partial charge < -0.3 is 20.1 Å². The Bertz CT molecular complexity index is 877. The third-order valence-electron chi connectivity index (χ3n) is 3.99. The summed E-state index contributed by atoms with van der Waals surface area (Å²) >= 11 is 1.58. The fourth-order valence-electron chi connectivity index (χ4n) is 2.65. The van der Waals surface area contributed by atoms with Gasteiger partial charge in [-0.05, 0) is 37.3 Å². The Balaban J connectivity index is 1.62. The van der Waals surface area contributed by atoms with Gasteiger partial charge in [0, 0.05) is 5.56 Å². The summed E-state index contributed by atoms with van der Waals surface area (Å²) in [6.07, 6.45) is 0. The Kier molecular flexibility index (Phi) is 5.58. The highest BCUT2D eigenvalue weighted by atomic mass is 32.1. The third-order valence-corrected chi connectivity index (χ3v) is 5.03. The van der Waals surface area contributed by atoms with Crippen molar-refractivity contribution >= 4 is 27.6 Å². The molecule has 0 saturated carbocycles. The first kappa shape index (κ1) is 18.0. The fraction of sp³-hybridized carbons (Fsp3) is 0.263. The average Bonchev–Trinajstić information content (AvgIpc) is 3.08. The highest BCUT2D eigenvalue weighted by Gasteiger charge is 2.15. The zero-order chi connectivity index (χ0) is 18.5. The summed E-state index contributed by atoms with van der Waals surface area (Å²) in [5.74, 6) is 1.41. The summed E-state index contributed by atoms with van der Waals surface area (Å²) in [5.41, 5.74) is 1.80. The molecule has 1 aromatic heterocycles. The predicted molar refractivity (Wildman–Crippen MR) is 103 cm³/mol. The van der Waals surface area contributed by atoms with Crippen LogP contribution >= 0.6 is 11.3 Å². The average molecular weight is 371 g/mol. The van der Waals surface area contributed by atoms with Crippen LogP contribution in [-0.2, 0) is 6.54 Å². The van der Waals surface area contributed by atoms with E-state index in [0.29, 0.717) is 18.0 Å². The molecular formula is C19H21N3O3S. The Morgan fingerprint density at radius 1 is 1.19 bits per heavy atom. The molecule has 0 radical (unpaired) electrons. The van der Waals surface area contributed by atoms with E-state index in [4.69, 9.17) is 9.47 Å². The molecule has 3 aromatic rings. The van der Waals surface area contributed by atoms with Gasteiger partial charge in [0.15, 0.2) is 0 Å². The molecule has 2 N–H and O–H groups in total. The first-order chi connectivity index (χ1) is 12.6. The zero-order valence-corrected chi connectivity index (χ0v) is 15.7. The van der Waals surface area contributed by atoms with Crippen molar-refractivity contribution in [3.05, 3.63) is 53.0 Å². The summed E-state index contributed by atoms with van der Waals surface area (Å²) < 4.78 is 11.7. The number of aromatic nitrogens is 1. The summed E-state index contributed by atoms with van der Waals surface area (Å²) in [5, 5.41) is 6.64. The van der Waals surface area contributed by atoms with Gasteiger partial charge >= 0.3 is 6.03 Å². The first-order valence-corrected chi connectivity index (χ1v) is 9.03. The second-order valence-electron chi connectivity index (χ2n) is 5.73. The molecule has 1 unspecified atom stereocenters. The van der Waals surface area contributed by atoms with Crippen molar-refractivity contribution in [2.75, 3.05) is 14.2 Å². The second kappa shape index (κ2) is 8.05. The molecule has 0 aliphatic heterocycles. The van der Waals surface area contributed by atoms with Gasteiger partial charge in [0.05, 0.1) is 37.0 Å². The van der Waals surface area contributed by atoms with Crippen molar-refractivity contribution in [3.8, 4) is 11.5 Å². The lowest BCUT2D eigenvalue weighted by Gasteiger charge is -2.18. The molecule has 1 heterocycles. The number of hydrogen-bond donors (Lipinski definition) is 2. The number of nitrogens with zero attached hydrogens (tertiary/aromatic N) is 1. The predicted octanol–water partition coefficient (Wildman–Crippen LogP) is 3.87. The van der Waals surface area contributed by atoms with Gasteiger partial charge in [-0.2, -0.15) is 0 Å². The van der Waals surface area contributed by atoms with Crippen molar-refractivity contribution in [3.63, 3.8) is 0 Å². The van der Waals surface area contributed by atoms with Crippen LogP contribution in [0.25, 0.3) is 10.2 Å². The number of carbonyl (C=O) groups is 1. The maximum Gasteiger partial charge on any atom is 0.315 e. The van der Waals surface area contributed by atoms with E-state index in [1.807, 2.05) is 49.4 Å². The van der Waals surface area contributed by atoms with Gasteiger partial charge in [0.1, 0.15) is 16.5 Å². The molecule has 2 aromatic carbocycles. The summed E-state index contributed by atoms with van der Waals surface area (Å²) in [7, 11) is 3.21. The Labute approximate surface area is 156 Å². The monoisotopic (exact) mass is 371 g/mol. The molecular weight excluding hydrogens is 350 g/mol. The molecule has 7 heteroatoms. The highest BCUT2D eigenvalue weighted by molar-refractivity contribution is 7.18. The molecule has 3 rings (SSSR count). The van der Waals surface area contributed by atoms with Crippen LogP contribution in [0.3, 0.4) is 0 Å². The van der Waals surface area contributed by atoms with Gasteiger partial charge in [-0.1, -0.05) is 12.1 Å². The topological polar surface area (TPSA) is 72.5 Å². The Morgan fingerprint density at radius 3 is 2.73 bits per heavy atom. The maximum atomic E-state index is 12.3. The van der Waals surface area contributed by atoms with Crippen LogP contribution in [-0.4, -0.2) is 25.2 Å². The van der Waals surface area contributed by atoms with Crippen LogP contribution in [0.5, 0.6) is 11.5 Å². The standard InChI is InChI=1S/C19H21N3O3S/c1-12(14-10-13(24-2)8-9-16(14)25-3)21-19(23)20-11-18-22-15-6-4-5-7-17(15)26-18/h4-10,12H,11H2,1-3H3,(H2,20,21,23). The van der Waals surface area contributed by atoms with Gasteiger partial charge in [0.25, 0.3) is 0 Å². The van der Waals surface area contributed by atoms with E-state index < -0.39 is 0 Å². The summed E-state index contributed by atoms with van der Waals surface area (Å²) in [4.78, 5) is 16.8.